The Morgan fingerprint density at radius 1 is 0.745 bits per heavy atom. The van der Waals surface area contributed by atoms with E-state index in [2.05, 4.69) is 6.92 Å². The maximum absolute atomic E-state index is 13.3. The molecule has 4 rings (SSSR count). The van der Waals surface area contributed by atoms with Crippen molar-refractivity contribution < 1.29 is 43.1 Å². The van der Waals surface area contributed by atoms with Crippen molar-refractivity contribution in [3.05, 3.63) is 102 Å². The minimum atomic E-state index is -1.02. The number of carbonyl (C=O) groups excluding carboxylic acids is 1. The SMILES string of the molecule is [CH2]COCCOCCOCCOCCC(=O)N1C[C@H](O)C[C@H]1COC(c1ccccc1)(c1ccc(OC)cc1)c1ccc(OC)cc1. The van der Waals surface area contributed by atoms with E-state index in [0.717, 1.165) is 28.2 Å². The van der Waals surface area contributed by atoms with Crippen molar-refractivity contribution in [2.45, 2.75) is 30.6 Å². The molecule has 1 aliphatic rings. The van der Waals surface area contributed by atoms with Crippen LogP contribution < -0.4 is 9.47 Å². The summed E-state index contributed by atoms with van der Waals surface area (Å²) in [5.41, 5.74) is 1.71. The topological polar surface area (TPSA) is 105 Å². The van der Waals surface area contributed by atoms with Crippen LogP contribution in [0.5, 0.6) is 11.5 Å². The van der Waals surface area contributed by atoms with Crippen molar-refractivity contribution in [3.8, 4) is 11.5 Å². The molecule has 0 unspecified atom stereocenters. The molecule has 1 heterocycles. The van der Waals surface area contributed by atoms with Gasteiger partial charge in [-0.15, -0.1) is 0 Å². The Labute approximate surface area is 278 Å². The lowest BCUT2D eigenvalue weighted by Crippen LogP contribution is -2.42. The van der Waals surface area contributed by atoms with E-state index in [1.165, 1.54) is 0 Å². The monoisotopic (exact) mass is 650 g/mol. The van der Waals surface area contributed by atoms with Gasteiger partial charge in [0.15, 0.2) is 0 Å². The summed E-state index contributed by atoms with van der Waals surface area (Å²) in [5.74, 6) is 1.37. The number of carbonyl (C=O) groups is 1. The van der Waals surface area contributed by atoms with E-state index < -0.39 is 11.7 Å². The fourth-order valence-electron chi connectivity index (χ4n) is 5.72. The number of ether oxygens (including phenoxy) is 7. The van der Waals surface area contributed by atoms with Gasteiger partial charge in [0, 0.05) is 13.2 Å². The van der Waals surface area contributed by atoms with E-state index in [1.807, 2.05) is 78.9 Å². The molecular formula is C37H48NO9. The second kappa shape index (κ2) is 19.3. The summed E-state index contributed by atoms with van der Waals surface area (Å²) in [5, 5.41) is 10.6. The number of likely N-dealkylation sites (tertiary alicyclic amines) is 1. The average Bonchev–Trinajstić information content (AvgIpc) is 3.50. The number of β-amino-alcohol motifs (C(OH)–C–C–N with tert-alkyl or cyclic N) is 1. The van der Waals surface area contributed by atoms with E-state index in [4.69, 9.17) is 33.2 Å². The summed E-state index contributed by atoms with van der Waals surface area (Å²) in [7, 11) is 3.27. The minimum Gasteiger partial charge on any atom is -0.497 e. The summed E-state index contributed by atoms with van der Waals surface area (Å²) < 4.78 is 39.6. The van der Waals surface area contributed by atoms with E-state index in [1.54, 1.807) is 19.1 Å². The molecule has 2 atom stereocenters. The first-order valence-electron chi connectivity index (χ1n) is 16.1. The van der Waals surface area contributed by atoms with Gasteiger partial charge in [0.05, 0.1) is 85.6 Å². The first-order valence-corrected chi connectivity index (χ1v) is 16.1. The lowest BCUT2D eigenvalue weighted by atomic mass is 9.80. The molecule has 1 amide bonds. The third-order valence-electron chi connectivity index (χ3n) is 8.10. The van der Waals surface area contributed by atoms with Crippen LogP contribution in [-0.4, -0.2) is 108 Å². The van der Waals surface area contributed by atoms with Gasteiger partial charge in [0.2, 0.25) is 5.91 Å². The number of benzene rings is 3. The van der Waals surface area contributed by atoms with Crippen molar-refractivity contribution in [3.63, 3.8) is 0 Å². The number of rotatable bonds is 21. The van der Waals surface area contributed by atoms with Crippen LogP contribution in [0.25, 0.3) is 0 Å². The van der Waals surface area contributed by atoms with Gasteiger partial charge in [0.25, 0.3) is 0 Å². The Morgan fingerprint density at radius 2 is 1.23 bits per heavy atom. The molecule has 47 heavy (non-hydrogen) atoms. The average molecular weight is 651 g/mol. The van der Waals surface area contributed by atoms with Crippen LogP contribution in [0.15, 0.2) is 78.9 Å². The number of nitrogens with zero attached hydrogens (tertiary/aromatic N) is 1. The molecule has 0 aliphatic carbocycles. The van der Waals surface area contributed by atoms with Crippen molar-refractivity contribution in [2.75, 3.05) is 80.2 Å². The lowest BCUT2D eigenvalue weighted by molar-refractivity contribution is -0.135. The molecule has 3 aromatic carbocycles. The first-order chi connectivity index (χ1) is 23.0. The number of aliphatic hydroxyl groups is 1. The largest absolute Gasteiger partial charge is 0.497 e. The quantitative estimate of drug-likeness (QED) is 0.134. The second-order valence-electron chi connectivity index (χ2n) is 11.1. The molecule has 1 N–H and O–H groups in total. The number of amides is 1. The van der Waals surface area contributed by atoms with Crippen molar-refractivity contribution in [2.24, 2.45) is 0 Å². The van der Waals surface area contributed by atoms with Crippen LogP contribution in [0, 0.1) is 6.92 Å². The zero-order valence-electron chi connectivity index (χ0n) is 27.5. The Balaban J connectivity index is 1.41. The van der Waals surface area contributed by atoms with E-state index in [0.29, 0.717) is 52.7 Å². The van der Waals surface area contributed by atoms with E-state index in [-0.39, 0.29) is 38.1 Å². The standard InChI is InChI=1S/C37H48NO9/c1-4-43-20-21-45-24-25-46-23-22-44-19-18-36(40)38-27-33(39)26-32(38)28-47-37(29-8-6-5-7-9-29,30-10-14-34(41-2)15-11-30)31-12-16-35(42-3)17-13-31/h5-17,32-33,39H,1,4,18-28H2,2-3H3/t32-,33+/m0/s1. The van der Waals surface area contributed by atoms with Crippen LogP contribution in [0.1, 0.15) is 29.5 Å². The van der Waals surface area contributed by atoms with Crippen LogP contribution in [0.4, 0.5) is 0 Å². The van der Waals surface area contributed by atoms with Crippen molar-refractivity contribution >= 4 is 5.91 Å². The summed E-state index contributed by atoms with van der Waals surface area (Å²) in [4.78, 5) is 15.1. The molecule has 255 valence electrons. The zero-order valence-corrected chi connectivity index (χ0v) is 27.5. The van der Waals surface area contributed by atoms with Gasteiger partial charge >= 0.3 is 0 Å². The molecule has 10 nitrogen and oxygen atoms in total. The summed E-state index contributed by atoms with van der Waals surface area (Å²) in [6, 6.07) is 25.3. The van der Waals surface area contributed by atoms with Gasteiger partial charge in [-0.25, -0.2) is 0 Å². The molecule has 1 fully saturated rings. The van der Waals surface area contributed by atoms with Gasteiger partial charge in [-0.2, -0.15) is 0 Å². The number of hydrogen-bond acceptors (Lipinski definition) is 9. The predicted octanol–water partition coefficient (Wildman–Crippen LogP) is 4.26. The third kappa shape index (κ3) is 10.2. The molecule has 1 saturated heterocycles. The Hall–Kier alpha value is -3.51. The molecule has 10 heteroatoms. The van der Waals surface area contributed by atoms with Gasteiger partial charge in [-0.05, 0) is 54.3 Å². The van der Waals surface area contributed by atoms with Gasteiger partial charge in [-0.1, -0.05) is 54.6 Å². The van der Waals surface area contributed by atoms with E-state index >= 15 is 0 Å². The summed E-state index contributed by atoms with van der Waals surface area (Å²) >= 11 is 0. The van der Waals surface area contributed by atoms with Gasteiger partial charge < -0.3 is 43.2 Å². The number of hydrogen-bond donors (Lipinski definition) is 1. The highest BCUT2D eigenvalue weighted by atomic mass is 16.6. The van der Waals surface area contributed by atoms with Crippen LogP contribution >= 0.6 is 0 Å². The van der Waals surface area contributed by atoms with Gasteiger partial charge in [0.1, 0.15) is 17.1 Å². The molecular weight excluding hydrogens is 602 g/mol. The maximum atomic E-state index is 13.3. The highest BCUT2D eigenvalue weighted by Gasteiger charge is 2.41. The molecule has 3 aromatic rings. The van der Waals surface area contributed by atoms with Crippen LogP contribution in [-0.2, 0) is 34.1 Å². The maximum Gasteiger partial charge on any atom is 0.225 e. The number of methoxy groups -OCH3 is 2. The molecule has 0 aromatic heterocycles. The fraction of sp³-hybridized carbons (Fsp3) is 0.459. The normalized spacial score (nSPS) is 16.4. The Bertz CT molecular complexity index is 1260. The summed E-state index contributed by atoms with van der Waals surface area (Å²) in [6.07, 6.45) is -0.0261. The molecule has 0 bridgehead atoms. The Morgan fingerprint density at radius 3 is 1.74 bits per heavy atom. The van der Waals surface area contributed by atoms with Crippen LogP contribution in [0.2, 0.25) is 0 Å². The molecule has 1 aliphatic heterocycles. The van der Waals surface area contributed by atoms with E-state index in [9.17, 15) is 9.90 Å². The van der Waals surface area contributed by atoms with Crippen molar-refractivity contribution in [1.29, 1.82) is 0 Å². The molecule has 1 radical (unpaired) electrons. The predicted molar refractivity (Wildman–Crippen MR) is 178 cm³/mol. The highest BCUT2D eigenvalue weighted by molar-refractivity contribution is 5.77. The molecule has 0 saturated carbocycles. The number of aliphatic hydroxyl groups excluding tert-OH is 1. The summed E-state index contributed by atoms with van der Waals surface area (Å²) in [6.45, 7) is 7.47. The highest BCUT2D eigenvalue weighted by Crippen LogP contribution is 2.42. The van der Waals surface area contributed by atoms with Crippen LogP contribution in [0.3, 0.4) is 0 Å². The Kier molecular flexibility index (Phi) is 15.0. The van der Waals surface area contributed by atoms with Crippen molar-refractivity contribution in [1.82, 2.24) is 4.90 Å². The first kappa shape index (κ1) is 36.3. The van der Waals surface area contributed by atoms with Gasteiger partial charge in [-0.3, -0.25) is 4.79 Å². The minimum absolute atomic E-state index is 0.0897. The third-order valence-corrected chi connectivity index (χ3v) is 8.10. The smallest absolute Gasteiger partial charge is 0.225 e. The molecule has 0 spiro atoms. The second-order valence-corrected chi connectivity index (χ2v) is 11.1. The zero-order chi connectivity index (χ0) is 33.3. The fourth-order valence-corrected chi connectivity index (χ4v) is 5.72. The lowest BCUT2D eigenvalue weighted by Gasteiger charge is -2.38.